The summed E-state index contributed by atoms with van der Waals surface area (Å²) >= 11 is 0. The minimum atomic E-state index is -0.369. The van der Waals surface area contributed by atoms with Gasteiger partial charge in [0.25, 0.3) is 0 Å². The van der Waals surface area contributed by atoms with Crippen molar-refractivity contribution in [2.24, 2.45) is 5.92 Å². The second-order valence-corrected chi connectivity index (χ2v) is 4.66. The molecule has 0 spiro atoms. The molecule has 1 aromatic rings. The number of esters is 1. The lowest BCUT2D eigenvalue weighted by molar-refractivity contribution is -0.148. The Kier molecular flexibility index (Phi) is 4.71. The summed E-state index contributed by atoms with van der Waals surface area (Å²) in [6.45, 7) is 2.18. The van der Waals surface area contributed by atoms with Crippen LogP contribution in [-0.4, -0.2) is 24.7 Å². The summed E-state index contributed by atoms with van der Waals surface area (Å²) in [5.41, 5.74) is 1.39. The summed E-state index contributed by atoms with van der Waals surface area (Å²) in [6.07, 6.45) is 4.97. The van der Waals surface area contributed by atoms with E-state index in [0.717, 1.165) is 11.8 Å². The van der Waals surface area contributed by atoms with Crippen molar-refractivity contribution >= 4 is 11.5 Å². The van der Waals surface area contributed by atoms with Gasteiger partial charge in [-0.15, -0.1) is 0 Å². The molecule has 1 aliphatic carbocycles. The van der Waals surface area contributed by atoms with Crippen LogP contribution in [0.15, 0.2) is 18.3 Å². The van der Waals surface area contributed by atoms with Gasteiger partial charge in [0.05, 0.1) is 25.8 Å². The first-order valence-corrected chi connectivity index (χ1v) is 6.71. The Labute approximate surface area is 117 Å². The van der Waals surface area contributed by atoms with Gasteiger partial charge in [0, 0.05) is 11.6 Å². The van der Waals surface area contributed by atoms with E-state index in [4.69, 9.17) is 9.47 Å². The SMILES string of the molecule is CCOC(=O)C1CC=C(c2cc(OC)ncc2F)CC1. The van der Waals surface area contributed by atoms with Crippen LogP contribution in [0.25, 0.3) is 5.57 Å². The van der Waals surface area contributed by atoms with E-state index in [1.807, 2.05) is 6.08 Å². The fourth-order valence-corrected chi connectivity index (χ4v) is 2.33. The smallest absolute Gasteiger partial charge is 0.309 e. The molecule has 5 heteroatoms. The highest BCUT2D eigenvalue weighted by atomic mass is 19.1. The van der Waals surface area contributed by atoms with E-state index in [0.29, 0.717) is 37.3 Å². The van der Waals surface area contributed by atoms with Crippen LogP contribution in [0.3, 0.4) is 0 Å². The molecule has 108 valence electrons. The minimum Gasteiger partial charge on any atom is -0.481 e. The molecule has 1 atom stereocenters. The third-order valence-corrected chi connectivity index (χ3v) is 3.42. The van der Waals surface area contributed by atoms with Crippen molar-refractivity contribution in [3.05, 3.63) is 29.7 Å². The fourth-order valence-electron chi connectivity index (χ4n) is 2.33. The predicted molar refractivity (Wildman–Crippen MR) is 72.7 cm³/mol. The summed E-state index contributed by atoms with van der Waals surface area (Å²) in [5.74, 6) is -0.275. The monoisotopic (exact) mass is 279 g/mol. The van der Waals surface area contributed by atoms with Crippen molar-refractivity contribution in [1.29, 1.82) is 0 Å². The fraction of sp³-hybridized carbons (Fsp3) is 0.467. The highest BCUT2D eigenvalue weighted by molar-refractivity contribution is 5.75. The van der Waals surface area contributed by atoms with Crippen LogP contribution in [0.1, 0.15) is 31.7 Å². The summed E-state index contributed by atoms with van der Waals surface area (Å²) in [5, 5.41) is 0. The number of carbonyl (C=O) groups is 1. The number of methoxy groups -OCH3 is 1. The maximum absolute atomic E-state index is 13.8. The molecule has 0 aromatic carbocycles. The Balaban J connectivity index is 2.14. The summed E-state index contributed by atoms with van der Waals surface area (Å²) in [6, 6.07) is 1.59. The lowest BCUT2D eigenvalue weighted by atomic mass is 9.87. The molecule has 0 saturated heterocycles. The van der Waals surface area contributed by atoms with Gasteiger partial charge in [0.1, 0.15) is 5.82 Å². The predicted octanol–water partition coefficient (Wildman–Crippen LogP) is 2.98. The van der Waals surface area contributed by atoms with Crippen LogP contribution < -0.4 is 4.74 Å². The largest absolute Gasteiger partial charge is 0.481 e. The lowest BCUT2D eigenvalue weighted by Gasteiger charge is -2.21. The van der Waals surface area contributed by atoms with Gasteiger partial charge in [0.2, 0.25) is 5.88 Å². The van der Waals surface area contributed by atoms with Crippen molar-refractivity contribution in [1.82, 2.24) is 4.98 Å². The summed E-state index contributed by atoms with van der Waals surface area (Å²) in [4.78, 5) is 15.5. The Hall–Kier alpha value is -1.91. The van der Waals surface area contributed by atoms with Crippen molar-refractivity contribution in [2.75, 3.05) is 13.7 Å². The second kappa shape index (κ2) is 6.50. The number of aromatic nitrogens is 1. The van der Waals surface area contributed by atoms with E-state index >= 15 is 0 Å². The number of hydrogen-bond acceptors (Lipinski definition) is 4. The molecule has 0 saturated carbocycles. The second-order valence-electron chi connectivity index (χ2n) is 4.66. The molecule has 1 aromatic heterocycles. The highest BCUT2D eigenvalue weighted by Crippen LogP contribution is 2.33. The quantitative estimate of drug-likeness (QED) is 0.795. The molecule has 1 aliphatic rings. The first-order chi connectivity index (χ1) is 9.65. The Morgan fingerprint density at radius 1 is 1.55 bits per heavy atom. The zero-order valence-electron chi connectivity index (χ0n) is 11.7. The lowest BCUT2D eigenvalue weighted by Crippen LogP contribution is -2.19. The molecule has 1 heterocycles. The number of ether oxygens (including phenoxy) is 2. The van der Waals surface area contributed by atoms with Crippen molar-refractivity contribution in [3.63, 3.8) is 0 Å². The molecule has 4 nitrogen and oxygen atoms in total. The van der Waals surface area contributed by atoms with Gasteiger partial charge in [-0.25, -0.2) is 9.37 Å². The van der Waals surface area contributed by atoms with Crippen LogP contribution in [0.5, 0.6) is 5.88 Å². The third kappa shape index (κ3) is 3.15. The molecular formula is C15H18FNO3. The Bertz CT molecular complexity index is 528. The normalized spacial score (nSPS) is 18.4. The van der Waals surface area contributed by atoms with Crippen molar-refractivity contribution in [2.45, 2.75) is 26.2 Å². The average molecular weight is 279 g/mol. The van der Waals surface area contributed by atoms with Crippen LogP contribution >= 0.6 is 0 Å². The zero-order chi connectivity index (χ0) is 14.5. The number of hydrogen-bond donors (Lipinski definition) is 0. The Morgan fingerprint density at radius 2 is 2.35 bits per heavy atom. The van der Waals surface area contributed by atoms with E-state index in [9.17, 15) is 9.18 Å². The van der Waals surface area contributed by atoms with Crippen LogP contribution in [0.2, 0.25) is 0 Å². The van der Waals surface area contributed by atoms with E-state index < -0.39 is 0 Å². The number of rotatable bonds is 4. The highest BCUT2D eigenvalue weighted by Gasteiger charge is 2.24. The van der Waals surface area contributed by atoms with E-state index in [1.54, 1.807) is 13.0 Å². The van der Waals surface area contributed by atoms with Crippen molar-refractivity contribution in [3.8, 4) is 5.88 Å². The van der Waals surface area contributed by atoms with Gasteiger partial charge >= 0.3 is 5.97 Å². The van der Waals surface area contributed by atoms with Gasteiger partial charge in [-0.2, -0.15) is 0 Å². The molecule has 0 fully saturated rings. The zero-order valence-corrected chi connectivity index (χ0v) is 11.7. The maximum Gasteiger partial charge on any atom is 0.309 e. The topological polar surface area (TPSA) is 48.4 Å². The van der Waals surface area contributed by atoms with Crippen molar-refractivity contribution < 1.29 is 18.7 Å². The maximum atomic E-state index is 13.8. The number of carbonyl (C=O) groups excluding carboxylic acids is 1. The average Bonchev–Trinajstić information content (AvgIpc) is 2.48. The van der Waals surface area contributed by atoms with Crippen LogP contribution in [0, 0.1) is 11.7 Å². The van der Waals surface area contributed by atoms with E-state index in [-0.39, 0.29) is 17.7 Å². The molecule has 2 rings (SSSR count). The summed E-state index contributed by atoms with van der Waals surface area (Å²) < 4.78 is 23.8. The molecule has 0 bridgehead atoms. The van der Waals surface area contributed by atoms with Gasteiger partial charge in [-0.1, -0.05) is 6.08 Å². The standard InChI is InChI=1S/C15H18FNO3/c1-3-20-15(18)11-6-4-10(5-7-11)12-8-14(19-2)17-9-13(12)16/h4,8-9,11H,3,5-7H2,1-2H3. The third-order valence-electron chi connectivity index (χ3n) is 3.42. The molecule has 0 amide bonds. The first-order valence-electron chi connectivity index (χ1n) is 6.71. The number of nitrogens with zero attached hydrogens (tertiary/aromatic N) is 1. The molecule has 0 radical (unpaired) electrons. The number of pyridine rings is 1. The van der Waals surface area contributed by atoms with E-state index in [1.165, 1.54) is 7.11 Å². The first kappa shape index (κ1) is 14.5. The summed E-state index contributed by atoms with van der Waals surface area (Å²) in [7, 11) is 1.50. The van der Waals surface area contributed by atoms with Gasteiger partial charge in [0.15, 0.2) is 0 Å². The van der Waals surface area contributed by atoms with Gasteiger partial charge in [-0.3, -0.25) is 4.79 Å². The Morgan fingerprint density at radius 3 is 2.95 bits per heavy atom. The molecular weight excluding hydrogens is 261 g/mol. The van der Waals surface area contributed by atoms with Crippen LogP contribution in [0.4, 0.5) is 4.39 Å². The molecule has 0 aliphatic heterocycles. The van der Waals surface area contributed by atoms with Gasteiger partial charge in [-0.05, 0) is 31.8 Å². The van der Waals surface area contributed by atoms with Gasteiger partial charge < -0.3 is 9.47 Å². The molecule has 1 unspecified atom stereocenters. The minimum absolute atomic E-state index is 0.120. The molecule has 0 N–H and O–H groups in total. The van der Waals surface area contributed by atoms with Crippen LogP contribution in [-0.2, 0) is 9.53 Å². The van der Waals surface area contributed by atoms with E-state index in [2.05, 4.69) is 4.98 Å². The number of halogens is 1. The number of allylic oxidation sites excluding steroid dienone is 2. The molecule has 20 heavy (non-hydrogen) atoms.